The summed E-state index contributed by atoms with van der Waals surface area (Å²) in [6, 6.07) is 8.54. The molecule has 4 N–H and O–H groups in total. The molecule has 0 saturated heterocycles. The van der Waals surface area contributed by atoms with Crippen molar-refractivity contribution in [3.05, 3.63) is 30.3 Å². The quantitative estimate of drug-likeness (QED) is 0.687. The van der Waals surface area contributed by atoms with Gasteiger partial charge in [-0.2, -0.15) is 0 Å². The Kier molecular flexibility index (Phi) is 2.21. The first-order valence-electron chi connectivity index (χ1n) is 4.53. The number of anilines is 2. The molecule has 1 heterocycles. The number of phenolic OH excluding ortho intramolecular Hbond substituents is 1. The van der Waals surface area contributed by atoms with Crippen LogP contribution in [0.3, 0.4) is 0 Å². The van der Waals surface area contributed by atoms with Gasteiger partial charge in [-0.05, 0) is 12.1 Å². The van der Waals surface area contributed by atoms with Crippen LogP contribution in [0.2, 0.25) is 0 Å². The van der Waals surface area contributed by atoms with Gasteiger partial charge >= 0.3 is 0 Å². The topological polar surface area (TPSA) is 76.1 Å². The zero-order valence-corrected chi connectivity index (χ0v) is 8.31. The summed E-state index contributed by atoms with van der Waals surface area (Å²) in [7, 11) is 1.79. The summed E-state index contributed by atoms with van der Waals surface area (Å²) in [6.45, 7) is 0. The molecule has 0 bridgehead atoms. The Morgan fingerprint density at radius 2 is 2.20 bits per heavy atom. The summed E-state index contributed by atoms with van der Waals surface area (Å²) in [6.07, 6.45) is 0. The third kappa shape index (κ3) is 1.71. The molecule has 0 aliphatic heterocycles. The Hall–Kier alpha value is -2.17. The molecule has 1 aromatic carbocycles. The second-order valence-electron chi connectivity index (χ2n) is 3.14. The molecule has 5 nitrogen and oxygen atoms in total. The van der Waals surface area contributed by atoms with E-state index in [1.807, 2.05) is 6.07 Å². The van der Waals surface area contributed by atoms with Gasteiger partial charge in [0.2, 0.25) is 0 Å². The molecule has 1 aromatic heterocycles. The number of aromatic nitrogens is 2. The summed E-state index contributed by atoms with van der Waals surface area (Å²) in [4.78, 5) is 0. The van der Waals surface area contributed by atoms with Crippen molar-refractivity contribution in [2.75, 3.05) is 18.1 Å². The van der Waals surface area contributed by atoms with E-state index in [9.17, 15) is 5.11 Å². The highest BCUT2D eigenvalue weighted by molar-refractivity contribution is 5.52. The van der Waals surface area contributed by atoms with Crippen molar-refractivity contribution in [1.82, 2.24) is 9.78 Å². The van der Waals surface area contributed by atoms with Gasteiger partial charge in [0.05, 0.1) is 5.69 Å². The number of benzene rings is 1. The Balaban J connectivity index is 2.53. The maximum absolute atomic E-state index is 9.35. The number of hydrogen-bond acceptors (Lipinski definition) is 4. The van der Waals surface area contributed by atoms with Crippen molar-refractivity contribution in [1.29, 1.82) is 0 Å². The second kappa shape index (κ2) is 3.53. The normalized spacial score (nSPS) is 10.2. The number of nitrogens with one attached hydrogen (secondary N) is 1. The summed E-state index contributed by atoms with van der Waals surface area (Å²) in [5, 5.41) is 16.4. The summed E-state index contributed by atoms with van der Waals surface area (Å²) < 4.78 is 1.63. The molecule has 78 valence electrons. The standard InChI is InChI=1S/C10H12N4O/c1-12-10-6-9(11)13-14(10)7-3-2-4-8(15)5-7/h2-6,12,15H,1H3,(H2,11,13). The maximum atomic E-state index is 9.35. The third-order valence-electron chi connectivity index (χ3n) is 2.06. The van der Waals surface area contributed by atoms with Crippen LogP contribution in [0.5, 0.6) is 5.75 Å². The van der Waals surface area contributed by atoms with Gasteiger partial charge in [0, 0.05) is 19.2 Å². The van der Waals surface area contributed by atoms with Crippen LogP contribution in [-0.2, 0) is 0 Å². The monoisotopic (exact) mass is 204 g/mol. The van der Waals surface area contributed by atoms with Crippen LogP contribution in [0.25, 0.3) is 5.69 Å². The summed E-state index contributed by atoms with van der Waals surface area (Å²) >= 11 is 0. The van der Waals surface area contributed by atoms with Gasteiger partial charge in [0.15, 0.2) is 0 Å². The predicted molar refractivity (Wildman–Crippen MR) is 59.2 cm³/mol. The maximum Gasteiger partial charge on any atom is 0.148 e. The first kappa shape index (κ1) is 9.39. The molecule has 0 aliphatic rings. The minimum absolute atomic E-state index is 0.198. The van der Waals surface area contributed by atoms with E-state index in [1.54, 1.807) is 36.0 Å². The number of nitrogens with two attached hydrogens (primary N) is 1. The number of nitrogens with zero attached hydrogens (tertiary/aromatic N) is 2. The summed E-state index contributed by atoms with van der Waals surface area (Å²) in [5.41, 5.74) is 6.36. The highest BCUT2D eigenvalue weighted by Crippen LogP contribution is 2.20. The van der Waals surface area contributed by atoms with Gasteiger partial charge < -0.3 is 16.2 Å². The van der Waals surface area contributed by atoms with E-state index in [0.29, 0.717) is 5.82 Å². The van der Waals surface area contributed by atoms with Gasteiger partial charge in [-0.3, -0.25) is 0 Å². The van der Waals surface area contributed by atoms with Gasteiger partial charge in [-0.25, -0.2) is 4.68 Å². The minimum Gasteiger partial charge on any atom is -0.508 e. The van der Waals surface area contributed by atoms with E-state index < -0.39 is 0 Å². The predicted octanol–water partition coefficient (Wildman–Crippen LogP) is 1.20. The molecule has 5 heteroatoms. The largest absolute Gasteiger partial charge is 0.508 e. The SMILES string of the molecule is CNc1cc(N)nn1-c1cccc(O)c1. The lowest BCUT2D eigenvalue weighted by atomic mass is 10.3. The Morgan fingerprint density at radius 1 is 1.40 bits per heavy atom. The van der Waals surface area contributed by atoms with E-state index in [0.717, 1.165) is 11.5 Å². The molecule has 0 unspecified atom stereocenters. The molecule has 0 amide bonds. The van der Waals surface area contributed by atoms with Crippen LogP contribution in [0.15, 0.2) is 30.3 Å². The lowest BCUT2D eigenvalue weighted by molar-refractivity contribution is 0.475. The Morgan fingerprint density at radius 3 is 2.87 bits per heavy atom. The molecule has 0 radical (unpaired) electrons. The zero-order chi connectivity index (χ0) is 10.8. The van der Waals surface area contributed by atoms with Crippen molar-refractivity contribution in [3.8, 4) is 11.4 Å². The molecule has 0 aliphatic carbocycles. The first-order valence-corrected chi connectivity index (χ1v) is 4.53. The average molecular weight is 204 g/mol. The van der Waals surface area contributed by atoms with E-state index in [-0.39, 0.29) is 5.75 Å². The van der Waals surface area contributed by atoms with Crippen molar-refractivity contribution in [2.45, 2.75) is 0 Å². The number of hydrogen-bond donors (Lipinski definition) is 3. The van der Waals surface area contributed by atoms with Crippen molar-refractivity contribution < 1.29 is 5.11 Å². The number of nitrogen functional groups attached to an aromatic ring is 1. The van der Waals surface area contributed by atoms with E-state index in [2.05, 4.69) is 10.4 Å². The molecule has 2 aromatic rings. The lowest BCUT2D eigenvalue weighted by Crippen LogP contribution is -2.02. The van der Waals surface area contributed by atoms with Crippen LogP contribution in [0, 0.1) is 0 Å². The van der Waals surface area contributed by atoms with E-state index in [1.165, 1.54) is 0 Å². The van der Waals surface area contributed by atoms with Crippen LogP contribution in [-0.4, -0.2) is 21.9 Å². The fourth-order valence-corrected chi connectivity index (χ4v) is 1.40. The third-order valence-corrected chi connectivity index (χ3v) is 2.06. The van der Waals surface area contributed by atoms with Crippen molar-refractivity contribution in [3.63, 3.8) is 0 Å². The van der Waals surface area contributed by atoms with Gasteiger partial charge in [-0.15, -0.1) is 5.10 Å². The Bertz CT molecular complexity index is 478. The second-order valence-corrected chi connectivity index (χ2v) is 3.14. The van der Waals surface area contributed by atoms with Crippen LogP contribution in [0.4, 0.5) is 11.6 Å². The van der Waals surface area contributed by atoms with Crippen LogP contribution in [0.1, 0.15) is 0 Å². The highest BCUT2D eigenvalue weighted by Gasteiger charge is 2.06. The molecular weight excluding hydrogens is 192 g/mol. The van der Waals surface area contributed by atoms with Gasteiger partial charge in [0.1, 0.15) is 17.4 Å². The number of phenols is 1. The average Bonchev–Trinajstić information content (AvgIpc) is 2.59. The van der Waals surface area contributed by atoms with Gasteiger partial charge in [-0.1, -0.05) is 6.07 Å². The van der Waals surface area contributed by atoms with E-state index in [4.69, 9.17) is 5.73 Å². The molecule has 0 fully saturated rings. The van der Waals surface area contributed by atoms with Crippen molar-refractivity contribution >= 4 is 11.6 Å². The van der Waals surface area contributed by atoms with Gasteiger partial charge in [0.25, 0.3) is 0 Å². The molecule has 0 atom stereocenters. The Labute approximate surface area is 87.1 Å². The highest BCUT2D eigenvalue weighted by atomic mass is 16.3. The molecular formula is C10H12N4O. The number of rotatable bonds is 2. The summed E-state index contributed by atoms with van der Waals surface area (Å²) in [5.74, 6) is 1.41. The molecule has 0 saturated carbocycles. The van der Waals surface area contributed by atoms with Crippen molar-refractivity contribution in [2.24, 2.45) is 0 Å². The lowest BCUT2D eigenvalue weighted by Gasteiger charge is -2.06. The molecule has 0 spiro atoms. The fraction of sp³-hybridized carbons (Fsp3) is 0.100. The minimum atomic E-state index is 0.198. The zero-order valence-electron chi connectivity index (χ0n) is 8.31. The van der Waals surface area contributed by atoms with E-state index >= 15 is 0 Å². The smallest absolute Gasteiger partial charge is 0.148 e. The van der Waals surface area contributed by atoms with Crippen LogP contribution >= 0.6 is 0 Å². The fourth-order valence-electron chi connectivity index (χ4n) is 1.40. The van der Waals surface area contributed by atoms with Crippen LogP contribution < -0.4 is 11.1 Å². The molecule has 2 rings (SSSR count). The number of aromatic hydroxyl groups is 1. The molecule has 15 heavy (non-hydrogen) atoms. The first-order chi connectivity index (χ1) is 7.20.